The molecule has 0 aliphatic heterocycles. The quantitative estimate of drug-likeness (QED) is 0.700. The first-order chi connectivity index (χ1) is 9.86. The Hall–Kier alpha value is -2.09. The number of aromatic carboxylic acids is 1. The number of benzene rings is 1. The zero-order valence-corrected chi connectivity index (χ0v) is 13.1. The number of esters is 1. The van der Waals surface area contributed by atoms with Crippen LogP contribution in [0.1, 0.15) is 24.2 Å². The van der Waals surface area contributed by atoms with E-state index in [0.29, 0.717) is 4.47 Å². The van der Waals surface area contributed by atoms with E-state index in [1.54, 1.807) is 13.0 Å². The van der Waals surface area contributed by atoms with E-state index in [2.05, 4.69) is 26.6 Å². The van der Waals surface area contributed by atoms with Gasteiger partial charge in [-0.3, -0.25) is 0 Å². The second-order valence-electron chi connectivity index (χ2n) is 4.04. The Balaban J connectivity index is 2.80. The van der Waals surface area contributed by atoms with Gasteiger partial charge in [0.05, 0.1) is 17.9 Å². The van der Waals surface area contributed by atoms with Crippen LogP contribution in [0.3, 0.4) is 0 Å². The highest BCUT2D eigenvalue weighted by Crippen LogP contribution is 2.26. The van der Waals surface area contributed by atoms with E-state index < -0.39 is 24.0 Å². The van der Waals surface area contributed by atoms with Gasteiger partial charge < -0.3 is 20.5 Å². The van der Waals surface area contributed by atoms with Crippen molar-refractivity contribution in [2.24, 2.45) is 0 Å². The van der Waals surface area contributed by atoms with E-state index in [-0.39, 0.29) is 17.9 Å². The Kier molecular flexibility index (Phi) is 6.16. The molecule has 0 heterocycles. The van der Waals surface area contributed by atoms with Gasteiger partial charge in [-0.15, -0.1) is 0 Å². The van der Waals surface area contributed by atoms with Gasteiger partial charge in [0.15, 0.2) is 0 Å². The van der Waals surface area contributed by atoms with E-state index in [1.807, 2.05) is 0 Å². The summed E-state index contributed by atoms with van der Waals surface area (Å²) < 4.78 is 5.17. The first-order valence-electron chi connectivity index (χ1n) is 6.12. The number of hydrogen-bond donors (Lipinski definition) is 3. The number of carbonyl (C=O) groups is 3. The lowest BCUT2D eigenvalue weighted by atomic mass is 10.2. The molecule has 0 bridgehead atoms. The Morgan fingerprint density at radius 1 is 1.38 bits per heavy atom. The van der Waals surface area contributed by atoms with Crippen LogP contribution < -0.4 is 10.6 Å². The van der Waals surface area contributed by atoms with Gasteiger partial charge in [-0.25, -0.2) is 14.4 Å². The molecule has 7 nitrogen and oxygen atoms in total. The second-order valence-corrected chi connectivity index (χ2v) is 4.89. The van der Waals surface area contributed by atoms with E-state index in [4.69, 9.17) is 9.84 Å². The molecule has 1 rings (SSSR count). The van der Waals surface area contributed by atoms with Crippen molar-refractivity contribution < 1.29 is 24.2 Å². The van der Waals surface area contributed by atoms with Crippen molar-refractivity contribution in [3.8, 4) is 0 Å². The van der Waals surface area contributed by atoms with Crippen molar-refractivity contribution >= 4 is 39.6 Å². The highest BCUT2D eigenvalue weighted by atomic mass is 79.9. The fraction of sp³-hybridized carbons (Fsp3) is 0.308. The predicted octanol–water partition coefficient (Wildman–Crippen LogP) is 2.22. The third-order valence-corrected chi connectivity index (χ3v) is 3.13. The van der Waals surface area contributed by atoms with Gasteiger partial charge in [0.25, 0.3) is 0 Å². The monoisotopic (exact) mass is 358 g/mol. The number of ether oxygens (including phenoxy) is 1. The third kappa shape index (κ3) is 4.75. The Morgan fingerprint density at radius 3 is 2.62 bits per heavy atom. The van der Waals surface area contributed by atoms with Crippen LogP contribution in [0.4, 0.5) is 10.5 Å². The molecule has 0 fully saturated rings. The van der Waals surface area contributed by atoms with E-state index >= 15 is 0 Å². The number of carboxylic acid groups (broad SMARTS) is 1. The molecule has 8 heteroatoms. The summed E-state index contributed by atoms with van der Waals surface area (Å²) in [5.41, 5.74) is 0.0434. The van der Waals surface area contributed by atoms with Gasteiger partial charge in [-0.2, -0.15) is 0 Å². The molecule has 21 heavy (non-hydrogen) atoms. The number of nitrogens with one attached hydrogen (secondary N) is 2. The number of carbonyl (C=O) groups excluding carboxylic acids is 2. The molecule has 0 saturated heterocycles. The van der Waals surface area contributed by atoms with Crippen LogP contribution in [-0.2, 0) is 9.53 Å². The van der Waals surface area contributed by atoms with Crippen LogP contribution in [-0.4, -0.2) is 35.7 Å². The summed E-state index contributed by atoms with van der Waals surface area (Å²) in [7, 11) is 0. The van der Waals surface area contributed by atoms with Crippen molar-refractivity contribution in [2.45, 2.75) is 19.9 Å². The number of halogens is 1. The minimum atomic E-state index is -1.18. The van der Waals surface area contributed by atoms with E-state index in [1.165, 1.54) is 19.1 Å². The minimum absolute atomic E-state index is 0.0664. The van der Waals surface area contributed by atoms with Gasteiger partial charge in [0.1, 0.15) is 6.04 Å². The molecule has 1 unspecified atom stereocenters. The fourth-order valence-electron chi connectivity index (χ4n) is 1.50. The smallest absolute Gasteiger partial charge is 0.337 e. The molecule has 1 aromatic carbocycles. The number of amides is 2. The molecule has 0 radical (unpaired) electrons. The van der Waals surface area contributed by atoms with Crippen molar-refractivity contribution in [3.05, 3.63) is 28.2 Å². The maximum Gasteiger partial charge on any atom is 0.337 e. The van der Waals surface area contributed by atoms with E-state index in [0.717, 1.165) is 0 Å². The zero-order chi connectivity index (χ0) is 16.0. The van der Waals surface area contributed by atoms with Crippen LogP contribution >= 0.6 is 15.9 Å². The maximum absolute atomic E-state index is 11.8. The lowest BCUT2D eigenvalue weighted by molar-refractivity contribution is -0.144. The minimum Gasteiger partial charge on any atom is -0.478 e. The summed E-state index contributed by atoms with van der Waals surface area (Å²) in [6.45, 7) is 3.33. The average molecular weight is 359 g/mol. The van der Waals surface area contributed by atoms with Gasteiger partial charge in [-0.1, -0.05) is 6.07 Å². The highest BCUT2D eigenvalue weighted by molar-refractivity contribution is 9.10. The standard InChI is InChI=1S/C13H15BrN2O5/c1-3-21-12(19)7(2)15-13(20)16-10-8(11(17)18)5-4-6-9(10)14/h4-7H,3H2,1-2H3,(H,17,18)(H2,15,16,20). The largest absolute Gasteiger partial charge is 0.478 e. The first-order valence-corrected chi connectivity index (χ1v) is 6.92. The molecule has 1 atom stereocenters. The summed E-state index contributed by atoms with van der Waals surface area (Å²) in [6.07, 6.45) is 0. The average Bonchev–Trinajstić information content (AvgIpc) is 2.40. The van der Waals surface area contributed by atoms with Crippen molar-refractivity contribution in [2.75, 3.05) is 11.9 Å². The fourth-order valence-corrected chi connectivity index (χ4v) is 1.97. The van der Waals surface area contributed by atoms with Crippen LogP contribution in [0.25, 0.3) is 0 Å². The molecule has 0 aromatic heterocycles. The highest BCUT2D eigenvalue weighted by Gasteiger charge is 2.19. The molecule has 1 aromatic rings. The number of para-hydroxylation sites is 1. The van der Waals surface area contributed by atoms with Crippen LogP contribution in [0.2, 0.25) is 0 Å². The number of rotatable bonds is 5. The molecule has 3 N–H and O–H groups in total. The summed E-state index contributed by atoms with van der Waals surface area (Å²) >= 11 is 3.17. The summed E-state index contributed by atoms with van der Waals surface area (Å²) in [5.74, 6) is -1.75. The van der Waals surface area contributed by atoms with Crippen LogP contribution in [0, 0.1) is 0 Å². The molecular weight excluding hydrogens is 344 g/mol. The molecule has 0 saturated carbocycles. The number of urea groups is 1. The molecule has 2 amide bonds. The molecular formula is C13H15BrN2O5. The topological polar surface area (TPSA) is 105 Å². The Bertz CT molecular complexity index is 561. The summed E-state index contributed by atoms with van der Waals surface area (Å²) in [6, 6.07) is 2.94. The second kappa shape index (κ2) is 7.63. The zero-order valence-electron chi connectivity index (χ0n) is 11.5. The number of anilines is 1. The molecule has 114 valence electrons. The van der Waals surface area contributed by atoms with Crippen LogP contribution in [0.5, 0.6) is 0 Å². The van der Waals surface area contributed by atoms with Gasteiger partial charge in [-0.05, 0) is 41.9 Å². The molecule has 0 spiro atoms. The predicted molar refractivity (Wildman–Crippen MR) is 79.4 cm³/mol. The van der Waals surface area contributed by atoms with Crippen molar-refractivity contribution in [1.29, 1.82) is 0 Å². The Labute approximate surface area is 129 Å². The Morgan fingerprint density at radius 2 is 2.05 bits per heavy atom. The van der Waals surface area contributed by atoms with Crippen molar-refractivity contribution in [1.82, 2.24) is 5.32 Å². The normalized spacial score (nSPS) is 11.4. The summed E-state index contributed by atoms with van der Waals surface area (Å²) in [5, 5.41) is 13.8. The van der Waals surface area contributed by atoms with Crippen LogP contribution in [0.15, 0.2) is 22.7 Å². The SMILES string of the molecule is CCOC(=O)C(C)NC(=O)Nc1c(Br)cccc1C(=O)O. The third-order valence-electron chi connectivity index (χ3n) is 2.47. The molecule has 0 aliphatic carbocycles. The maximum atomic E-state index is 11.8. The first kappa shape index (κ1) is 17.0. The van der Waals surface area contributed by atoms with Gasteiger partial charge >= 0.3 is 18.0 Å². The van der Waals surface area contributed by atoms with Crippen molar-refractivity contribution in [3.63, 3.8) is 0 Å². The van der Waals surface area contributed by atoms with Gasteiger partial charge in [0, 0.05) is 4.47 Å². The number of carboxylic acids is 1. The lowest BCUT2D eigenvalue weighted by Crippen LogP contribution is -2.42. The number of hydrogen-bond acceptors (Lipinski definition) is 4. The lowest BCUT2D eigenvalue weighted by Gasteiger charge is -2.15. The summed E-state index contributed by atoms with van der Waals surface area (Å²) in [4.78, 5) is 34.3. The molecule has 0 aliphatic rings. The van der Waals surface area contributed by atoms with E-state index in [9.17, 15) is 14.4 Å². The van der Waals surface area contributed by atoms with Gasteiger partial charge in [0.2, 0.25) is 0 Å².